The average molecular weight is 342 g/mol. The predicted octanol–water partition coefficient (Wildman–Crippen LogP) is 3.51. The molecule has 126 valence electrons. The van der Waals surface area contributed by atoms with E-state index < -0.39 is 0 Å². The maximum absolute atomic E-state index is 12.6. The average Bonchev–Trinajstić information content (AvgIpc) is 3.25. The number of aromatic nitrogens is 1. The van der Waals surface area contributed by atoms with Gasteiger partial charge in [0.2, 0.25) is 5.91 Å². The Morgan fingerprint density at radius 2 is 1.92 bits per heavy atom. The number of amides is 1. The summed E-state index contributed by atoms with van der Waals surface area (Å²) in [7, 11) is 0. The zero-order valence-electron chi connectivity index (χ0n) is 13.7. The number of hydrogen-bond acceptors (Lipinski definition) is 5. The van der Waals surface area contributed by atoms with Gasteiger partial charge in [0.15, 0.2) is 5.13 Å². The summed E-state index contributed by atoms with van der Waals surface area (Å²) >= 11 is 1.58. The first-order valence-corrected chi connectivity index (χ1v) is 9.34. The normalized spacial score (nSPS) is 28.1. The summed E-state index contributed by atoms with van der Waals surface area (Å²) in [6.45, 7) is 1.97. The van der Waals surface area contributed by atoms with Crippen molar-refractivity contribution in [2.45, 2.75) is 32.2 Å². The van der Waals surface area contributed by atoms with E-state index in [1.165, 1.54) is 6.42 Å². The second-order valence-corrected chi connectivity index (χ2v) is 7.78. The van der Waals surface area contributed by atoms with Gasteiger partial charge >= 0.3 is 0 Å². The van der Waals surface area contributed by atoms with Gasteiger partial charge in [-0.3, -0.25) is 4.79 Å². The number of nitrogens with two attached hydrogens (primary N) is 1. The molecule has 1 heterocycles. The molecule has 4 N–H and O–H groups in total. The maximum Gasteiger partial charge on any atom is 0.229 e. The Hall–Kier alpha value is -1.92. The van der Waals surface area contributed by atoms with E-state index >= 15 is 0 Å². The quantitative estimate of drug-likeness (QED) is 0.794. The summed E-state index contributed by atoms with van der Waals surface area (Å²) in [5, 5.41) is 9.18. The Morgan fingerprint density at radius 3 is 2.54 bits per heavy atom. The first-order valence-electron chi connectivity index (χ1n) is 8.46. The fourth-order valence-corrected chi connectivity index (χ4v) is 4.83. The molecule has 0 saturated heterocycles. The molecule has 0 aliphatic heterocycles. The van der Waals surface area contributed by atoms with Gasteiger partial charge in [-0.25, -0.2) is 4.98 Å². The lowest BCUT2D eigenvalue weighted by atomic mass is 9.84. The van der Waals surface area contributed by atoms with Gasteiger partial charge in [0.25, 0.3) is 0 Å². The minimum atomic E-state index is -0.0279. The number of nitrogens with zero attached hydrogens (tertiary/aromatic N) is 1. The van der Waals surface area contributed by atoms with Crippen molar-refractivity contribution < 1.29 is 4.79 Å². The van der Waals surface area contributed by atoms with E-state index in [4.69, 9.17) is 5.73 Å². The number of anilines is 3. The molecule has 4 rings (SSSR count). The van der Waals surface area contributed by atoms with Crippen LogP contribution in [0.3, 0.4) is 0 Å². The van der Waals surface area contributed by atoms with Gasteiger partial charge in [-0.2, -0.15) is 0 Å². The first-order chi connectivity index (χ1) is 11.6. The molecule has 1 aromatic carbocycles. The molecule has 2 aromatic rings. The van der Waals surface area contributed by atoms with Crippen LogP contribution in [-0.4, -0.2) is 16.9 Å². The lowest BCUT2D eigenvalue weighted by Gasteiger charge is -2.27. The number of nitrogens with one attached hydrogen (secondary N) is 2. The maximum atomic E-state index is 12.6. The molecular formula is C18H22N4OS. The molecule has 2 fully saturated rings. The Bertz CT molecular complexity index is 740. The molecule has 24 heavy (non-hydrogen) atoms. The Kier molecular flexibility index (Phi) is 4.02. The molecular weight excluding hydrogens is 320 g/mol. The van der Waals surface area contributed by atoms with Crippen molar-refractivity contribution in [1.82, 2.24) is 4.98 Å². The number of carbonyl (C=O) groups is 1. The third-order valence-electron chi connectivity index (χ3n) is 5.31. The number of hydrogen-bond donors (Lipinski definition) is 3. The van der Waals surface area contributed by atoms with Gasteiger partial charge < -0.3 is 16.4 Å². The van der Waals surface area contributed by atoms with Crippen molar-refractivity contribution in [3.63, 3.8) is 0 Å². The highest BCUT2D eigenvalue weighted by Crippen LogP contribution is 2.47. The van der Waals surface area contributed by atoms with Crippen LogP contribution >= 0.6 is 11.3 Å². The third kappa shape index (κ3) is 2.91. The molecule has 4 unspecified atom stereocenters. The van der Waals surface area contributed by atoms with E-state index in [1.54, 1.807) is 11.3 Å². The van der Waals surface area contributed by atoms with Gasteiger partial charge in [-0.05, 0) is 62.3 Å². The molecule has 1 amide bonds. The summed E-state index contributed by atoms with van der Waals surface area (Å²) in [6, 6.07) is 7.76. The molecule has 0 radical (unpaired) electrons. The third-order valence-corrected chi connectivity index (χ3v) is 6.18. The van der Waals surface area contributed by atoms with Crippen LogP contribution in [0.1, 0.15) is 25.0 Å². The fraction of sp³-hybridized carbons (Fsp3) is 0.444. The molecule has 2 aliphatic rings. The lowest BCUT2D eigenvalue weighted by molar-refractivity contribution is -0.121. The predicted molar refractivity (Wildman–Crippen MR) is 97.5 cm³/mol. The Labute approximate surface area is 145 Å². The van der Waals surface area contributed by atoms with Crippen molar-refractivity contribution >= 4 is 33.8 Å². The number of aryl methyl sites for hydroxylation is 1. The molecule has 2 bridgehead atoms. The van der Waals surface area contributed by atoms with Gasteiger partial charge in [0.05, 0.1) is 11.6 Å². The largest absolute Gasteiger partial charge is 0.332 e. The molecule has 0 spiro atoms. The summed E-state index contributed by atoms with van der Waals surface area (Å²) in [5.74, 6) is 1.06. The lowest BCUT2D eigenvalue weighted by Crippen LogP contribution is -2.42. The highest BCUT2D eigenvalue weighted by Gasteiger charge is 2.49. The van der Waals surface area contributed by atoms with Crippen molar-refractivity contribution in [2.24, 2.45) is 23.5 Å². The molecule has 2 aliphatic carbocycles. The van der Waals surface area contributed by atoms with Crippen LogP contribution < -0.4 is 16.4 Å². The number of fused-ring (bicyclic) bond motifs is 2. The fourth-order valence-electron chi connectivity index (χ4n) is 4.12. The van der Waals surface area contributed by atoms with E-state index in [0.29, 0.717) is 11.8 Å². The van der Waals surface area contributed by atoms with Crippen molar-refractivity contribution in [2.75, 3.05) is 10.6 Å². The van der Waals surface area contributed by atoms with E-state index in [9.17, 15) is 4.79 Å². The van der Waals surface area contributed by atoms with Crippen LogP contribution in [-0.2, 0) is 4.79 Å². The second-order valence-electron chi connectivity index (χ2n) is 6.92. The van der Waals surface area contributed by atoms with E-state index in [-0.39, 0.29) is 17.9 Å². The SMILES string of the molecule is Cc1csc(Nc2ccc(NC(=O)C3C4CCC(C4)C3N)cc2)n1. The van der Waals surface area contributed by atoms with Crippen LogP contribution in [0.2, 0.25) is 0 Å². The van der Waals surface area contributed by atoms with Gasteiger partial charge in [-0.1, -0.05) is 0 Å². The van der Waals surface area contributed by atoms with Crippen LogP contribution in [0.25, 0.3) is 0 Å². The van der Waals surface area contributed by atoms with Crippen LogP contribution in [0.4, 0.5) is 16.5 Å². The molecule has 6 heteroatoms. The first kappa shape index (κ1) is 15.6. The molecule has 5 nitrogen and oxygen atoms in total. The number of carbonyl (C=O) groups excluding carboxylic acids is 1. The number of benzene rings is 1. The number of rotatable bonds is 4. The van der Waals surface area contributed by atoms with E-state index in [1.807, 2.05) is 36.6 Å². The zero-order chi connectivity index (χ0) is 16.7. The van der Waals surface area contributed by atoms with Crippen LogP contribution in [0, 0.1) is 24.7 Å². The van der Waals surface area contributed by atoms with Crippen molar-refractivity contribution in [1.29, 1.82) is 0 Å². The van der Waals surface area contributed by atoms with Gasteiger partial charge in [0.1, 0.15) is 0 Å². The van der Waals surface area contributed by atoms with E-state index in [2.05, 4.69) is 15.6 Å². The standard InChI is InChI=1S/C18H22N4OS/c1-10-9-24-18(20-10)22-14-6-4-13(5-7-14)21-17(23)15-11-2-3-12(8-11)16(15)19/h4-7,9,11-12,15-16H,2-3,8,19H2,1H3,(H,20,22)(H,21,23). The summed E-state index contributed by atoms with van der Waals surface area (Å²) in [5.41, 5.74) is 9.04. The summed E-state index contributed by atoms with van der Waals surface area (Å²) in [6.07, 6.45) is 3.45. The van der Waals surface area contributed by atoms with Gasteiger partial charge in [0, 0.05) is 22.8 Å². The molecule has 4 atom stereocenters. The minimum Gasteiger partial charge on any atom is -0.332 e. The zero-order valence-corrected chi connectivity index (χ0v) is 14.5. The van der Waals surface area contributed by atoms with Crippen molar-refractivity contribution in [3.05, 3.63) is 35.3 Å². The minimum absolute atomic E-state index is 0.0258. The smallest absolute Gasteiger partial charge is 0.229 e. The Morgan fingerprint density at radius 1 is 1.21 bits per heavy atom. The topological polar surface area (TPSA) is 80.0 Å². The summed E-state index contributed by atoms with van der Waals surface area (Å²) in [4.78, 5) is 17.0. The summed E-state index contributed by atoms with van der Waals surface area (Å²) < 4.78 is 0. The van der Waals surface area contributed by atoms with E-state index in [0.717, 1.165) is 35.0 Å². The highest BCUT2D eigenvalue weighted by molar-refractivity contribution is 7.13. The Balaban J connectivity index is 1.39. The molecule has 1 aromatic heterocycles. The van der Waals surface area contributed by atoms with Crippen molar-refractivity contribution in [3.8, 4) is 0 Å². The number of thiazole rings is 1. The highest BCUT2D eigenvalue weighted by atomic mass is 32.1. The molecule has 2 saturated carbocycles. The van der Waals surface area contributed by atoms with Crippen LogP contribution in [0.15, 0.2) is 29.6 Å². The van der Waals surface area contributed by atoms with Crippen LogP contribution in [0.5, 0.6) is 0 Å². The monoisotopic (exact) mass is 342 g/mol. The second kappa shape index (κ2) is 6.18. The van der Waals surface area contributed by atoms with Gasteiger partial charge in [-0.15, -0.1) is 11.3 Å².